The van der Waals surface area contributed by atoms with Crippen molar-refractivity contribution in [2.24, 2.45) is 0 Å². The zero-order chi connectivity index (χ0) is 12.0. The Morgan fingerprint density at radius 2 is 2.25 bits per heavy atom. The van der Waals surface area contributed by atoms with Crippen molar-refractivity contribution in [3.05, 3.63) is 28.2 Å². The number of hydrogen-bond donors (Lipinski definition) is 2. The van der Waals surface area contributed by atoms with Crippen molar-refractivity contribution in [2.45, 2.75) is 19.4 Å². The largest absolute Gasteiger partial charge is 0.496 e. The maximum absolute atomic E-state index is 9.31. The highest BCUT2D eigenvalue weighted by molar-refractivity contribution is 9.10. The molecule has 4 heteroatoms. The van der Waals surface area contributed by atoms with Gasteiger partial charge in [0, 0.05) is 0 Å². The van der Waals surface area contributed by atoms with Crippen LogP contribution in [0.3, 0.4) is 0 Å². The van der Waals surface area contributed by atoms with E-state index in [0.717, 1.165) is 28.8 Å². The fourth-order valence-electron chi connectivity index (χ4n) is 1.51. The molecule has 0 saturated heterocycles. The van der Waals surface area contributed by atoms with Gasteiger partial charge >= 0.3 is 0 Å². The van der Waals surface area contributed by atoms with Gasteiger partial charge in [0.2, 0.25) is 0 Å². The van der Waals surface area contributed by atoms with E-state index in [1.807, 2.05) is 18.2 Å². The van der Waals surface area contributed by atoms with Crippen LogP contribution >= 0.6 is 15.9 Å². The number of hydrogen-bond acceptors (Lipinski definition) is 3. The first kappa shape index (κ1) is 13.5. The molecule has 0 heterocycles. The van der Waals surface area contributed by atoms with E-state index in [4.69, 9.17) is 4.74 Å². The second-order valence-corrected chi connectivity index (χ2v) is 4.44. The SMILES string of the molecule is CCCNC(CO)c1ccc(OC)c(Br)c1. The summed E-state index contributed by atoms with van der Waals surface area (Å²) in [6.07, 6.45) is 1.05. The van der Waals surface area contributed by atoms with Crippen molar-refractivity contribution in [2.75, 3.05) is 20.3 Å². The number of benzene rings is 1. The molecule has 90 valence electrons. The van der Waals surface area contributed by atoms with Crippen LogP contribution < -0.4 is 10.1 Å². The molecule has 0 radical (unpaired) electrons. The second-order valence-electron chi connectivity index (χ2n) is 3.58. The monoisotopic (exact) mass is 287 g/mol. The molecular weight excluding hydrogens is 270 g/mol. The minimum atomic E-state index is -0.0119. The van der Waals surface area contributed by atoms with Gasteiger partial charge in [-0.2, -0.15) is 0 Å². The molecule has 2 N–H and O–H groups in total. The maximum Gasteiger partial charge on any atom is 0.133 e. The van der Waals surface area contributed by atoms with Gasteiger partial charge in [-0.05, 0) is 46.6 Å². The smallest absolute Gasteiger partial charge is 0.133 e. The van der Waals surface area contributed by atoms with Crippen LogP contribution in [0.25, 0.3) is 0 Å². The van der Waals surface area contributed by atoms with Crippen molar-refractivity contribution in [1.29, 1.82) is 0 Å². The predicted molar refractivity (Wildman–Crippen MR) is 68.8 cm³/mol. The van der Waals surface area contributed by atoms with E-state index in [2.05, 4.69) is 28.2 Å². The molecule has 1 aromatic rings. The first-order chi connectivity index (χ1) is 7.72. The fraction of sp³-hybridized carbons (Fsp3) is 0.500. The Labute approximate surface area is 105 Å². The quantitative estimate of drug-likeness (QED) is 0.845. The Morgan fingerprint density at radius 3 is 2.75 bits per heavy atom. The van der Waals surface area contributed by atoms with E-state index in [1.54, 1.807) is 7.11 Å². The van der Waals surface area contributed by atoms with E-state index in [1.165, 1.54) is 0 Å². The summed E-state index contributed by atoms with van der Waals surface area (Å²) >= 11 is 3.44. The molecule has 0 saturated carbocycles. The number of methoxy groups -OCH3 is 1. The molecular formula is C12H18BrNO2. The van der Waals surface area contributed by atoms with Gasteiger partial charge in [0.05, 0.1) is 24.2 Å². The Balaban J connectivity index is 2.80. The molecule has 0 spiro atoms. The van der Waals surface area contributed by atoms with E-state index < -0.39 is 0 Å². The molecule has 3 nitrogen and oxygen atoms in total. The van der Waals surface area contributed by atoms with Crippen LogP contribution in [0.2, 0.25) is 0 Å². The summed E-state index contributed by atoms with van der Waals surface area (Å²) in [4.78, 5) is 0. The van der Waals surface area contributed by atoms with Crippen LogP contribution in [0.15, 0.2) is 22.7 Å². The van der Waals surface area contributed by atoms with Crippen LogP contribution in [0, 0.1) is 0 Å². The van der Waals surface area contributed by atoms with Gasteiger partial charge in [-0.25, -0.2) is 0 Å². The molecule has 1 atom stereocenters. The van der Waals surface area contributed by atoms with E-state index in [-0.39, 0.29) is 12.6 Å². The third kappa shape index (κ3) is 3.47. The van der Waals surface area contributed by atoms with Crippen LogP contribution in [0.1, 0.15) is 24.9 Å². The molecule has 0 aromatic heterocycles. The first-order valence-corrected chi connectivity index (χ1v) is 6.19. The Bertz CT molecular complexity index is 331. The average Bonchev–Trinajstić information content (AvgIpc) is 2.30. The molecule has 1 rings (SSSR count). The van der Waals surface area contributed by atoms with Gasteiger partial charge < -0.3 is 15.2 Å². The normalized spacial score (nSPS) is 12.5. The number of ether oxygens (including phenoxy) is 1. The molecule has 16 heavy (non-hydrogen) atoms. The van der Waals surface area contributed by atoms with Gasteiger partial charge in [0.1, 0.15) is 5.75 Å². The molecule has 0 aliphatic heterocycles. The molecule has 0 amide bonds. The fourth-order valence-corrected chi connectivity index (χ4v) is 2.06. The second kappa shape index (κ2) is 6.89. The highest BCUT2D eigenvalue weighted by atomic mass is 79.9. The summed E-state index contributed by atoms with van der Waals surface area (Å²) < 4.78 is 6.07. The molecule has 1 unspecified atom stereocenters. The molecule has 0 aliphatic carbocycles. The van der Waals surface area contributed by atoms with Crippen molar-refractivity contribution in [1.82, 2.24) is 5.32 Å². The first-order valence-electron chi connectivity index (χ1n) is 5.40. The van der Waals surface area contributed by atoms with Crippen molar-refractivity contribution >= 4 is 15.9 Å². The minimum Gasteiger partial charge on any atom is -0.496 e. The lowest BCUT2D eigenvalue weighted by Gasteiger charge is -2.17. The number of halogens is 1. The van der Waals surface area contributed by atoms with Gasteiger partial charge in [0.15, 0.2) is 0 Å². The number of aliphatic hydroxyl groups excluding tert-OH is 1. The standard InChI is InChI=1S/C12H18BrNO2/c1-3-6-14-11(8-15)9-4-5-12(16-2)10(13)7-9/h4-5,7,11,14-15H,3,6,8H2,1-2H3. The van der Waals surface area contributed by atoms with Crippen LogP contribution in [-0.2, 0) is 0 Å². The zero-order valence-corrected chi connectivity index (χ0v) is 11.3. The number of nitrogens with one attached hydrogen (secondary N) is 1. The highest BCUT2D eigenvalue weighted by Gasteiger charge is 2.11. The summed E-state index contributed by atoms with van der Waals surface area (Å²) in [5.74, 6) is 0.802. The van der Waals surface area contributed by atoms with Gasteiger partial charge in [-0.3, -0.25) is 0 Å². The maximum atomic E-state index is 9.31. The van der Waals surface area contributed by atoms with Crippen LogP contribution in [-0.4, -0.2) is 25.4 Å². The van der Waals surface area contributed by atoms with E-state index in [9.17, 15) is 5.11 Å². The number of aliphatic hydroxyl groups is 1. The summed E-state index contributed by atoms with van der Waals surface area (Å²) in [6, 6.07) is 5.83. The number of rotatable bonds is 6. The van der Waals surface area contributed by atoms with Crippen LogP contribution in [0.4, 0.5) is 0 Å². The molecule has 0 fully saturated rings. The highest BCUT2D eigenvalue weighted by Crippen LogP contribution is 2.27. The molecule has 0 bridgehead atoms. The molecule has 0 aliphatic rings. The van der Waals surface area contributed by atoms with Crippen molar-refractivity contribution in [3.63, 3.8) is 0 Å². The van der Waals surface area contributed by atoms with Gasteiger partial charge in [-0.15, -0.1) is 0 Å². The Hall–Kier alpha value is -0.580. The summed E-state index contributed by atoms with van der Waals surface area (Å²) in [6.45, 7) is 3.10. The van der Waals surface area contributed by atoms with E-state index in [0.29, 0.717) is 0 Å². The third-order valence-corrected chi connectivity index (χ3v) is 3.02. The van der Waals surface area contributed by atoms with Gasteiger partial charge in [-0.1, -0.05) is 13.0 Å². The Morgan fingerprint density at radius 1 is 1.50 bits per heavy atom. The lowest BCUT2D eigenvalue weighted by molar-refractivity contribution is 0.244. The van der Waals surface area contributed by atoms with Gasteiger partial charge in [0.25, 0.3) is 0 Å². The molecule has 1 aromatic carbocycles. The summed E-state index contributed by atoms with van der Waals surface area (Å²) in [7, 11) is 1.64. The third-order valence-electron chi connectivity index (χ3n) is 2.40. The summed E-state index contributed by atoms with van der Waals surface area (Å²) in [5, 5.41) is 12.6. The topological polar surface area (TPSA) is 41.5 Å². The summed E-state index contributed by atoms with van der Waals surface area (Å²) in [5.41, 5.74) is 1.06. The lowest BCUT2D eigenvalue weighted by atomic mass is 10.1. The van der Waals surface area contributed by atoms with Crippen molar-refractivity contribution < 1.29 is 9.84 Å². The van der Waals surface area contributed by atoms with Crippen LogP contribution in [0.5, 0.6) is 5.75 Å². The average molecular weight is 288 g/mol. The van der Waals surface area contributed by atoms with Crippen molar-refractivity contribution in [3.8, 4) is 5.75 Å². The Kier molecular flexibility index (Phi) is 5.80. The predicted octanol–water partition coefficient (Wildman–Crippen LogP) is 2.49. The zero-order valence-electron chi connectivity index (χ0n) is 9.66. The lowest BCUT2D eigenvalue weighted by Crippen LogP contribution is -2.25. The van der Waals surface area contributed by atoms with E-state index >= 15 is 0 Å². The minimum absolute atomic E-state index is 0.0119.